The van der Waals surface area contributed by atoms with Crippen LogP contribution in [0.15, 0.2) is 22.7 Å². The minimum Gasteiger partial charge on any atom is -0.348 e. The first-order valence-corrected chi connectivity index (χ1v) is 5.70. The predicted octanol–water partition coefficient (Wildman–Crippen LogP) is 2.95. The van der Waals surface area contributed by atoms with Crippen LogP contribution in [0, 0.1) is 5.82 Å². The van der Waals surface area contributed by atoms with Gasteiger partial charge < -0.3 is 5.32 Å². The molecule has 0 fully saturated rings. The van der Waals surface area contributed by atoms with Crippen molar-refractivity contribution in [1.82, 2.24) is 5.32 Å². The quantitative estimate of drug-likeness (QED) is 0.853. The summed E-state index contributed by atoms with van der Waals surface area (Å²) in [5.41, 5.74) is 0.270. The van der Waals surface area contributed by atoms with Crippen molar-refractivity contribution in [3.05, 3.63) is 34.1 Å². The lowest BCUT2D eigenvalue weighted by molar-refractivity contribution is 0.0942. The standard InChI is InChI=1S/C10H10BrClFNO/c1-6(5-12)14-10(15)7-3-2-4-8(13)9(7)11/h2-4,6H,5H2,1H3,(H,14,15). The summed E-state index contributed by atoms with van der Waals surface area (Å²) in [5.74, 6) is -0.478. The van der Waals surface area contributed by atoms with Gasteiger partial charge in [-0.25, -0.2) is 4.39 Å². The number of hydrogen-bond acceptors (Lipinski definition) is 1. The normalized spacial score (nSPS) is 12.3. The highest BCUT2D eigenvalue weighted by Crippen LogP contribution is 2.20. The maximum atomic E-state index is 13.1. The maximum Gasteiger partial charge on any atom is 0.252 e. The fourth-order valence-electron chi connectivity index (χ4n) is 1.02. The topological polar surface area (TPSA) is 29.1 Å². The Kier molecular flexibility index (Phi) is 4.54. The molecule has 82 valence electrons. The van der Waals surface area contributed by atoms with Gasteiger partial charge in [0.1, 0.15) is 5.82 Å². The van der Waals surface area contributed by atoms with Crippen molar-refractivity contribution in [3.8, 4) is 0 Å². The molecule has 1 rings (SSSR count). The van der Waals surface area contributed by atoms with Crippen molar-refractivity contribution in [1.29, 1.82) is 0 Å². The number of carbonyl (C=O) groups is 1. The third-order valence-corrected chi connectivity index (χ3v) is 3.07. The molecule has 1 aromatic rings. The number of benzene rings is 1. The van der Waals surface area contributed by atoms with E-state index < -0.39 is 5.82 Å². The van der Waals surface area contributed by atoms with E-state index >= 15 is 0 Å². The van der Waals surface area contributed by atoms with Gasteiger partial charge in [0.25, 0.3) is 5.91 Å². The second kappa shape index (κ2) is 5.47. The molecule has 0 spiro atoms. The van der Waals surface area contributed by atoms with Gasteiger partial charge in [0.2, 0.25) is 0 Å². The van der Waals surface area contributed by atoms with E-state index in [1.54, 1.807) is 13.0 Å². The largest absolute Gasteiger partial charge is 0.348 e. The monoisotopic (exact) mass is 293 g/mol. The third-order valence-electron chi connectivity index (χ3n) is 1.81. The molecule has 1 amide bonds. The highest BCUT2D eigenvalue weighted by atomic mass is 79.9. The van der Waals surface area contributed by atoms with Crippen LogP contribution in [0.3, 0.4) is 0 Å². The molecule has 1 atom stereocenters. The lowest BCUT2D eigenvalue weighted by Crippen LogP contribution is -2.33. The molecule has 15 heavy (non-hydrogen) atoms. The summed E-state index contributed by atoms with van der Waals surface area (Å²) < 4.78 is 13.3. The second-order valence-corrected chi connectivity index (χ2v) is 4.23. The van der Waals surface area contributed by atoms with Crippen LogP contribution in [-0.4, -0.2) is 17.8 Å². The van der Waals surface area contributed by atoms with Crippen molar-refractivity contribution in [3.63, 3.8) is 0 Å². The average molecular weight is 295 g/mol. The zero-order valence-electron chi connectivity index (χ0n) is 8.06. The van der Waals surface area contributed by atoms with Gasteiger partial charge in [-0.2, -0.15) is 0 Å². The molecule has 2 nitrogen and oxygen atoms in total. The highest BCUT2D eigenvalue weighted by Gasteiger charge is 2.14. The Labute approximate surface area is 101 Å². The number of amides is 1. The fraction of sp³-hybridized carbons (Fsp3) is 0.300. The molecule has 0 aliphatic rings. The third kappa shape index (κ3) is 3.18. The van der Waals surface area contributed by atoms with Crippen LogP contribution >= 0.6 is 27.5 Å². The molecule has 0 saturated carbocycles. The second-order valence-electron chi connectivity index (χ2n) is 3.13. The Morgan fingerprint density at radius 2 is 2.33 bits per heavy atom. The van der Waals surface area contributed by atoms with Crippen LogP contribution < -0.4 is 5.32 Å². The highest BCUT2D eigenvalue weighted by molar-refractivity contribution is 9.10. The number of nitrogens with one attached hydrogen (secondary N) is 1. The molecule has 0 aliphatic heterocycles. The summed E-state index contributed by atoms with van der Waals surface area (Å²) in [6, 6.07) is 4.17. The summed E-state index contributed by atoms with van der Waals surface area (Å²) in [6.07, 6.45) is 0. The van der Waals surface area contributed by atoms with Crippen LogP contribution in [0.5, 0.6) is 0 Å². The molecule has 1 aromatic carbocycles. The summed E-state index contributed by atoms with van der Waals surface area (Å²) in [5, 5.41) is 2.65. The van der Waals surface area contributed by atoms with Gasteiger partial charge in [-0.3, -0.25) is 4.79 Å². The van der Waals surface area contributed by atoms with Gasteiger partial charge in [-0.05, 0) is 35.0 Å². The van der Waals surface area contributed by atoms with Crippen LogP contribution in [0.4, 0.5) is 4.39 Å². The van der Waals surface area contributed by atoms with Gasteiger partial charge in [0, 0.05) is 11.9 Å². The Balaban J connectivity index is 2.87. The lowest BCUT2D eigenvalue weighted by atomic mass is 10.2. The van der Waals surface area contributed by atoms with E-state index in [1.165, 1.54) is 12.1 Å². The van der Waals surface area contributed by atoms with E-state index in [1.807, 2.05) is 0 Å². The predicted molar refractivity (Wildman–Crippen MR) is 61.7 cm³/mol. The molecule has 0 bridgehead atoms. The smallest absolute Gasteiger partial charge is 0.252 e. The molecule has 1 unspecified atom stereocenters. The summed E-state index contributed by atoms with van der Waals surface area (Å²) >= 11 is 8.58. The molecular formula is C10H10BrClFNO. The molecular weight excluding hydrogens is 284 g/mol. The summed E-state index contributed by atoms with van der Waals surface area (Å²) in [7, 11) is 0. The maximum absolute atomic E-state index is 13.1. The van der Waals surface area contributed by atoms with Crippen molar-refractivity contribution in [2.24, 2.45) is 0 Å². The first kappa shape index (κ1) is 12.5. The van der Waals surface area contributed by atoms with E-state index in [0.717, 1.165) is 0 Å². The Hall–Kier alpha value is -0.610. The lowest BCUT2D eigenvalue weighted by Gasteiger charge is -2.11. The Morgan fingerprint density at radius 1 is 1.67 bits per heavy atom. The van der Waals surface area contributed by atoms with Gasteiger partial charge in [-0.1, -0.05) is 6.07 Å². The van der Waals surface area contributed by atoms with Gasteiger partial charge >= 0.3 is 0 Å². The van der Waals surface area contributed by atoms with E-state index in [2.05, 4.69) is 21.2 Å². The van der Waals surface area contributed by atoms with Gasteiger partial charge in [0.15, 0.2) is 0 Å². The molecule has 0 saturated heterocycles. The van der Waals surface area contributed by atoms with Crippen LogP contribution in [-0.2, 0) is 0 Å². The van der Waals surface area contributed by atoms with Crippen LogP contribution in [0.2, 0.25) is 0 Å². The van der Waals surface area contributed by atoms with Gasteiger partial charge in [0.05, 0.1) is 10.0 Å². The number of halogens is 3. The SMILES string of the molecule is CC(CCl)NC(=O)c1cccc(F)c1Br. The number of alkyl halides is 1. The number of carbonyl (C=O) groups excluding carboxylic acids is 1. The van der Waals surface area contributed by atoms with Crippen molar-refractivity contribution in [2.45, 2.75) is 13.0 Å². The van der Waals surface area contributed by atoms with E-state index in [9.17, 15) is 9.18 Å². The zero-order valence-corrected chi connectivity index (χ0v) is 10.4. The molecule has 0 heterocycles. The van der Waals surface area contributed by atoms with Crippen LogP contribution in [0.25, 0.3) is 0 Å². The number of hydrogen-bond donors (Lipinski definition) is 1. The molecule has 0 aromatic heterocycles. The van der Waals surface area contributed by atoms with Crippen molar-refractivity contribution < 1.29 is 9.18 Å². The fourth-order valence-corrected chi connectivity index (χ4v) is 1.54. The van der Waals surface area contributed by atoms with Crippen molar-refractivity contribution in [2.75, 3.05) is 5.88 Å². The number of rotatable bonds is 3. The van der Waals surface area contributed by atoms with Crippen LogP contribution in [0.1, 0.15) is 17.3 Å². The van der Waals surface area contributed by atoms with E-state index in [-0.39, 0.29) is 22.0 Å². The van der Waals surface area contributed by atoms with E-state index in [4.69, 9.17) is 11.6 Å². The Morgan fingerprint density at radius 3 is 2.93 bits per heavy atom. The molecule has 5 heteroatoms. The van der Waals surface area contributed by atoms with Gasteiger partial charge in [-0.15, -0.1) is 11.6 Å². The summed E-state index contributed by atoms with van der Waals surface area (Å²) in [4.78, 5) is 11.6. The molecule has 1 N–H and O–H groups in total. The molecule has 0 radical (unpaired) electrons. The Bertz CT molecular complexity index is 372. The minimum absolute atomic E-state index is 0.144. The van der Waals surface area contributed by atoms with E-state index in [0.29, 0.717) is 5.88 Å². The van der Waals surface area contributed by atoms with Crippen molar-refractivity contribution >= 4 is 33.4 Å². The minimum atomic E-state index is -0.457. The molecule has 0 aliphatic carbocycles. The first-order valence-electron chi connectivity index (χ1n) is 4.37. The zero-order chi connectivity index (χ0) is 11.4. The summed E-state index contributed by atoms with van der Waals surface area (Å²) in [6.45, 7) is 1.78. The average Bonchev–Trinajstić information content (AvgIpc) is 2.21. The first-order chi connectivity index (χ1) is 7.06.